The van der Waals surface area contributed by atoms with E-state index >= 15 is 0 Å². The fraction of sp³-hybridized carbons (Fsp3) is 0.462. The fourth-order valence-electron chi connectivity index (χ4n) is 2.02. The Bertz CT molecular complexity index is 332. The first kappa shape index (κ1) is 10.2. The first-order valence-electron chi connectivity index (χ1n) is 5.49. The normalized spacial score (nSPS) is 25.3. The highest BCUT2D eigenvalue weighted by Crippen LogP contribution is 2.25. The Morgan fingerprint density at radius 1 is 1.33 bits per heavy atom. The van der Waals surface area contributed by atoms with Gasteiger partial charge in [0.25, 0.3) is 0 Å². The van der Waals surface area contributed by atoms with Crippen molar-refractivity contribution in [3.05, 3.63) is 35.9 Å². The molecule has 0 saturated carbocycles. The van der Waals surface area contributed by atoms with E-state index in [-0.39, 0.29) is 12.1 Å². The second kappa shape index (κ2) is 4.47. The molecule has 1 fully saturated rings. The van der Waals surface area contributed by atoms with Gasteiger partial charge in [-0.05, 0) is 18.4 Å². The SMILES string of the molecule is C[C@@H]1CC(=O)O[C@H]1CCc1ccccc1. The van der Waals surface area contributed by atoms with E-state index in [9.17, 15) is 4.79 Å². The van der Waals surface area contributed by atoms with Crippen molar-refractivity contribution in [1.29, 1.82) is 0 Å². The Kier molecular flexibility index (Phi) is 3.05. The number of hydrogen-bond donors (Lipinski definition) is 0. The van der Waals surface area contributed by atoms with Gasteiger partial charge in [-0.15, -0.1) is 0 Å². The van der Waals surface area contributed by atoms with Crippen LogP contribution < -0.4 is 0 Å². The van der Waals surface area contributed by atoms with Crippen molar-refractivity contribution >= 4 is 5.97 Å². The minimum atomic E-state index is -0.0411. The highest BCUT2D eigenvalue weighted by atomic mass is 16.5. The molecule has 1 saturated heterocycles. The molecule has 2 rings (SSSR count). The average Bonchev–Trinajstić information content (AvgIpc) is 2.56. The Hall–Kier alpha value is -1.31. The maximum absolute atomic E-state index is 11.1. The van der Waals surface area contributed by atoms with Crippen molar-refractivity contribution < 1.29 is 9.53 Å². The third-order valence-corrected chi connectivity index (χ3v) is 2.97. The summed E-state index contributed by atoms with van der Waals surface area (Å²) in [7, 11) is 0. The van der Waals surface area contributed by atoms with Crippen LogP contribution in [0, 0.1) is 5.92 Å². The summed E-state index contributed by atoms with van der Waals surface area (Å²) in [6.45, 7) is 2.08. The summed E-state index contributed by atoms with van der Waals surface area (Å²) in [5.74, 6) is 0.335. The number of esters is 1. The molecule has 2 heteroatoms. The summed E-state index contributed by atoms with van der Waals surface area (Å²) in [4.78, 5) is 11.1. The predicted octanol–water partition coefficient (Wildman–Crippen LogP) is 2.57. The van der Waals surface area contributed by atoms with Crippen molar-refractivity contribution in [3.63, 3.8) is 0 Å². The molecule has 0 radical (unpaired) electrons. The number of carbonyl (C=O) groups excluding carboxylic acids is 1. The van der Waals surface area contributed by atoms with E-state index in [1.54, 1.807) is 0 Å². The summed E-state index contributed by atoms with van der Waals surface area (Å²) < 4.78 is 5.26. The van der Waals surface area contributed by atoms with Gasteiger partial charge in [-0.2, -0.15) is 0 Å². The largest absolute Gasteiger partial charge is 0.462 e. The average molecular weight is 204 g/mol. The molecule has 0 N–H and O–H groups in total. The monoisotopic (exact) mass is 204 g/mol. The predicted molar refractivity (Wildman–Crippen MR) is 58.4 cm³/mol. The topological polar surface area (TPSA) is 26.3 Å². The zero-order valence-electron chi connectivity index (χ0n) is 8.98. The number of aryl methyl sites for hydroxylation is 1. The number of ether oxygens (including phenoxy) is 1. The van der Waals surface area contributed by atoms with Gasteiger partial charge in [0.15, 0.2) is 0 Å². The highest BCUT2D eigenvalue weighted by molar-refractivity contribution is 5.71. The van der Waals surface area contributed by atoms with Crippen LogP contribution in [0.15, 0.2) is 30.3 Å². The molecule has 80 valence electrons. The van der Waals surface area contributed by atoms with Crippen molar-refractivity contribution in [2.75, 3.05) is 0 Å². The van der Waals surface area contributed by atoms with Gasteiger partial charge in [0.1, 0.15) is 6.10 Å². The molecule has 1 aliphatic heterocycles. The molecule has 0 spiro atoms. The van der Waals surface area contributed by atoms with Gasteiger partial charge < -0.3 is 4.74 Å². The summed E-state index contributed by atoms with van der Waals surface area (Å²) in [5.41, 5.74) is 1.31. The zero-order valence-corrected chi connectivity index (χ0v) is 8.98. The quantitative estimate of drug-likeness (QED) is 0.707. The van der Waals surface area contributed by atoms with E-state index in [1.807, 2.05) is 18.2 Å². The van der Waals surface area contributed by atoms with E-state index in [0.717, 1.165) is 12.8 Å². The van der Waals surface area contributed by atoms with E-state index in [2.05, 4.69) is 19.1 Å². The van der Waals surface area contributed by atoms with Crippen molar-refractivity contribution in [2.24, 2.45) is 5.92 Å². The molecule has 0 unspecified atom stereocenters. The second-order valence-electron chi connectivity index (χ2n) is 4.23. The van der Waals surface area contributed by atoms with Crippen LogP contribution in [0.3, 0.4) is 0 Å². The Balaban J connectivity index is 1.86. The van der Waals surface area contributed by atoms with E-state index in [0.29, 0.717) is 12.3 Å². The minimum Gasteiger partial charge on any atom is -0.462 e. The Morgan fingerprint density at radius 3 is 2.67 bits per heavy atom. The van der Waals surface area contributed by atoms with Crippen LogP contribution in [0.5, 0.6) is 0 Å². The van der Waals surface area contributed by atoms with Gasteiger partial charge in [0.05, 0.1) is 6.42 Å². The zero-order chi connectivity index (χ0) is 10.7. The van der Waals surface area contributed by atoms with Crippen molar-refractivity contribution in [3.8, 4) is 0 Å². The fourth-order valence-corrected chi connectivity index (χ4v) is 2.02. The van der Waals surface area contributed by atoms with Crippen LogP contribution in [0.4, 0.5) is 0 Å². The van der Waals surface area contributed by atoms with Crippen LogP contribution in [-0.4, -0.2) is 12.1 Å². The van der Waals surface area contributed by atoms with Gasteiger partial charge >= 0.3 is 5.97 Å². The smallest absolute Gasteiger partial charge is 0.306 e. The lowest BCUT2D eigenvalue weighted by atomic mass is 9.98. The third-order valence-electron chi connectivity index (χ3n) is 2.97. The molecule has 1 aliphatic rings. The number of cyclic esters (lactones) is 1. The number of carbonyl (C=O) groups is 1. The van der Waals surface area contributed by atoms with Crippen LogP contribution in [0.25, 0.3) is 0 Å². The standard InChI is InChI=1S/C13H16O2/c1-10-9-13(14)15-12(10)8-7-11-5-3-2-4-6-11/h2-6,10,12H,7-9H2,1H3/t10-,12+/m1/s1. The molecule has 2 atom stereocenters. The van der Waals surface area contributed by atoms with Crippen LogP contribution in [-0.2, 0) is 16.0 Å². The molecule has 0 aliphatic carbocycles. The lowest BCUT2D eigenvalue weighted by Gasteiger charge is -2.13. The highest BCUT2D eigenvalue weighted by Gasteiger charge is 2.30. The van der Waals surface area contributed by atoms with Crippen LogP contribution in [0.2, 0.25) is 0 Å². The molecular formula is C13H16O2. The molecule has 1 aromatic rings. The summed E-state index contributed by atoms with van der Waals surface area (Å²) in [6.07, 6.45) is 2.64. The number of benzene rings is 1. The van der Waals surface area contributed by atoms with Crippen molar-refractivity contribution in [1.82, 2.24) is 0 Å². The molecule has 0 bridgehead atoms. The van der Waals surface area contributed by atoms with Gasteiger partial charge in [0, 0.05) is 5.92 Å². The van der Waals surface area contributed by atoms with Gasteiger partial charge in [-0.3, -0.25) is 4.79 Å². The van der Waals surface area contributed by atoms with Crippen LogP contribution >= 0.6 is 0 Å². The van der Waals surface area contributed by atoms with Crippen LogP contribution in [0.1, 0.15) is 25.3 Å². The van der Waals surface area contributed by atoms with Gasteiger partial charge in [-0.1, -0.05) is 37.3 Å². The first-order chi connectivity index (χ1) is 7.25. The number of hydrogen-bond acceptors (Lipinski definition) is 2. The number of rotatable bonds is 3. The van der Waals surface area contributed by atoms with Crippen molar-refractivity contribution in [2.45, 2.75) is 32.3 Å². The van der Waals surface area contributed by atoms with E-state index < -0.39 is 0 Å². The third kappa shape index (κ3) is 2.58. The summed E-state index contributed by atoms with van der Waals surface area (Å²) >= 11 is 0. The second-order valence-corrected chi connectivity index (χ2v) is 4.23. The molecular weight excluding hydrogens is 188 g/mol. The molecule has 0 amide bonds. The van der Waals surface area contributed by atoms with E-state index in [4.69, 9.17) is 4.74 Å². The Labute approximate surface area is 90.3 Å². The molecule has 1 aromatic carbocycles. The maximum Gasteiger partial charge on any atom is 0.306 e. The summed E-state index contributed by atoms with van der Waals surface area (Å²) in [5, 5.41) is 0. The lowest BCUT2D eigenvalue weighted by molar-refractivity contribution is -0.141. The maximum atomic E-state index is 11.1. The molecule has 2 nitrogen and oxygen atoms in total. The minimum absolute atomic E-state index is 0.0411. The molecule has 0 aromatic heterocycles. The summed E-state index contributed by atoms with van der Waals surface area (Å²) in [6, 6.07) is 10.3. The Morgan fingerprint density at radius 2 is 2.07 bits per heavy atom. The van der Waals surface area contributed by atoms with Gasteiger partial charge in [-0.25, -0.2) is 0 Å². The molecule has 1 heterocycles. The molecule has 15 heavy (non-hydrogen) atoms. The van der Waals surface area contributed by atoms with Gasteiger partial charge in [0.2, 0.25) is 0 Å². The first-order valence-corrected chi connectivity index (χ1v) is 5.49. The van der Waals surface area contributed by atoms with E-state index in [1.165, 1.54) is 5.56 Å². The lowest BCUT2D eigenvalue weighted by Crippen LogP contribution is -2.14.